The van der Waals surface area contributed by atoms with Gasteiger partial charge in [-0.05, 0) is 43.7 Å². The van der Waals surface area contributed by atoms with Crippen molar-refractivity contribution in [3.8, 4) is 5.75 Å². The van der Waals surface area contributed by atoms with Crippen LogP contribution >= 0.6 is 11.8 Å². The highest BCUT2D eigenvalue weighted by atomic mass is 32.2. The molecular formula is C15H18N2OS. The van der Waals surface area contributed by atoms with Crippen molar-refractivity contribution in [2.45, 2.75) is 24.5 Å². The number of thioether (sulfide) groups is 1. The number of hydrogen-bond acceptors (Lipinski definition) is 4. The van der Waals surface area contributed by atoms with Crippen molar-refractivity contribution in [2.24, 2.45) is 0 Å². The summed E-state index contributed by atoms with van der Waals surface area (Å²) in [6, 6.07) is 9.85. The number of rotatable bonds is 5. The molecule has 100 valence electrons. The third-order valence-corrected chi connectivity index (χ3v) is 3.88. The van der Waals surface area contributed by atoms with Crippen LogP contribution in [0.15, 0.2) is 41.4 Å². The van der Waals surface area contributed by atoms with Crippen molar-refractivity contribution in [3.63, 3.8) is 0 Å². The molecule has 0 atom stereocenters. The van der Waals surface area contributed by atoms with Crippen molar-refractivity contribution in [3.05, 3.63) is 47.8 Å². The number of nitrogens with zero attached hydrogens (tertiary/aromatic N) is 1. The number of benzene rings is 1. The molecular weight excluding hydrogens is 256 g/mol. The van der Waals surface area contributed by atoms with E-state index < -0.39 is 0 Å². The summed E-state index contributed by atoms with van der Waals surface area (Å²) >= 11 is 1.76. The molecule has 0 saturated carbocycles. The lowest BCUT2D eigenvalue weighted by atomic mass is 10.2. The summed E-state index contributed by atoms with van der Waals surface area (Å²) in [5, 5.41) is 0. The van der Waals surface area contributed by atoms with Gasteiger partial charge in [-0.15, -0.1) is 11.8 Å². The Hall–Kier alpha value is -1.68. The minimum absolute atomic E-state index is 0.674. The molecule has 2 aromatic rings. The highest BCUT2D eigenvalue weighted by Gasteiger charge is 2.03. The lowest BCUT2D eigenvalue weighted by Crippen LogP contribution is -1.94. The summed E-state index contributed by atoms with van der Waals surface area (Å²) in [5.41, 5.74) is 8.77. The molecule has 0 aliphatic carbocycles. The van der Waals surface area contributed by atoms with E-state index in [4.69, 9.17) is 10.5 Å². The van der Waals surface area contributed by atoms with Crippen LogP contribution in [-0.2, 0) is 5.75 Å². The van der Waals surface area contributed by atoms with Gasteiger partial charge in [0.1, 0.15) is 5.75 Å². The standard InChI is InChI=1S/C15H18N2OS/c1-3-18-14-6-7-17-13(9-14)10-19-15-5-4-12(16)8-11(15)2/h4-9H,3,10,16H2,1-2H3. The van der Waals surface area contributed by atoms with Crippen molar-refractivity contribution in [1.82, 2.24) is 4.98 Å². The third kappa shape index (κ3) is 3.89. The first-order valence-corrected chi connectivity index (χ1v) is 7.24. The fourth-order valence-electron chi connectivity index (χ4n) is 1.78. The molecule has 1 aromatic carbocycles. The number of aromatic nitrogens is 1. The van der Waals surface area contributed by atoms with Crippen molar-refractivity contribution in [2.75, 3.05) is 12.3 Å². The highest BCUT2D eigenvalue weighted by Crippen LogP contribution is 2.27. The summed E-state index contributed by atoms with van der Waals surface area (Å²) in [6.07, 6.45) is 1.79. The largest absolute Gasteiger partial charge is 0.494 e. The Kier molecular flexibility index (Phi) is 4.68. The summed E-state index contributed by atoms with van der Waals surface area (Å²) in [6.45, 7) is 4.73. The molecule has 0 spiro atoms. The van der Waals surface area contributed by atoms with Gasteiger partial charge in [-0.3, -0.25) is 4.98 Å². The SMILES string of the molecule is CCOc1ccnc(CSc2ccc(N)cc2C)c1. The smallest absolute Gasteiger partial charge is 0.122 e. The van der Waals surface area contributed by atoms with Crippen LogP contribution in [0.4, 0.5) is 5.69 Å². The Labute approximate surface area is 118 Å². The van der Waals surface area contributed by atoms with E-state index in [1.54, 1.807) is 18.0 Å². The van der Waals surface area contributed by atoms with E-state index in [9.17, 15) is 0 Å². The van der Waals surface area contributed by atoms with E-state index in [0.29, 0.717) is 6.61 Å². The molecule has 0 saturated heterocycles. The van der Waals surface area contributed by atoms with E-state index >= 15 is 0 Å². The number of ether oxygens (including phenoxy) is 1. The number of anilines is 1. The van der Waals surface area contributed by atoms with Gasteiger partial charge in [0, 0.05) is 28.6 Å². The van der Waals surface area contributed by atoms with Crippen LogP contribution in [0.3, 0.4) is 0 Å². The van der Waals surface area contributed by atoms with Crippen LogP contribution < -0.4 is 10.5 Å². The topological polar surface area (TPSA) is 48.1 Å². The zero-order chi connectivity index (χ0) is 13.7. The predicted octanol–water partition coefficient (Wildman–Crippen LogP) is 3.66. The lowest BCUT2D eigenvalue weighted by molar-refractivity contribution is 0.339. The Bertz CT molecular complexity index is 558. The lowest BCUT2D eigenvalue weighted by Gasteiger charge is -2.07. The second kappa shape index (κ2) is 6.48. The molecule has 1 aromatic heterocycles. The van der Waals surface area contributed by atoms with Gasteiger partial charge in [0.2, 0.25) is 0 Å². The first-order chi connectivity index (χ1) is 9.19. The van der Waals surface area contributed by atoms with Gasteiger partial charge in [0.15, 0.2) is 0 Å². The fraction of sp³-hybridized carbons (Fsp3) is 0.267. The monoisotopic (exact) mass is 274 g/mol. The molecule has 2 rings (SSSR count). The van der Waals surface area contributed by atoms with Crippen LogP contribution in [0, 0.1) is 6.92 Å². The minimum Gasteiger partial charge on any atom is -0.494 e. The Morgan fingerprint density at radius 1 is 1.26 bits per heavy atom. The van der Waals surface area contributed by atoms with Crippen LogP contribution in [-0.4, -0.2) is 11.6 Å². The van der Waals surface area contributed by atoms with Crippen molar-refractivity contribution >= 4 is 17.4 Å². The molecule has 0 aliphatic heterocycles. The quantitative estimate of drug-likeness (QED) is 0.667. The predicted molar refractivity (Wildman–Crippen MR) is 80.6 cm³/mol. The van der Waals surface area contributed by atoms with Gasteiger partial charge in [0.25, 0.3) is 0 Å². The molecule has 0 radical (unpaired) electrons. The molecule has 0 fully saturated rings. The molecule has 19 heavy (non-hydrogen) atoms. The fourth-order valence-corrected chi connectivity index (χ4v) is 2.69. The second-order valence-corrected chi connectivity index (χ2v) is 5.25. The third-order valence-electron chi connectivity index (χ3n) is 2.67. The van der Waals surface area contributed by atoms with Crippen LogP contribution in [0.25, 0.3) is 0 Å². The maximum absolute atomic E-state index is 5.75. The molecule has 2 N–H and O–H groups in total. The summed E-state index contributed by atoms with van der Waals surface area (Å²) in [5.74, 6) is 1.70. The maximum atomic E-state index is 5.75. The number of pyridine rings is 1. The van der Waals surface area contributed by atoms with Crippen molar-refractivity contribution < 1.29 is 4.74 Å². The second-order valence-electron chi connectivity index (χ2n) is 4.23. The van der Waals surface area contributed by atoms with E-state index in [1.165, 1.54) is 10.5 Å². The van der Waals surface area contributed by atoms with E-state index in [2.05, 4.69) is 18.0 Å². The van der Waals surface area contributed by atoms with E-state index in [-0.39, 0.29) is 0 Å². The molecule has 0 unspecified atom stereocenters. The molecule has 3 nitrogen and oxygen atoms in total. The van der Waals surface area contributed by atoms with Crippen LogP contribution in [0.2, 0.25) is 0 Å². The molecule has 0 bridgehead atoms. The Balaban J connectivity index is 2.03. The Morgan fingerprint density at radius 2 is 2.11 bits per heavy atom. The summed E-state index contributed by atoms with van der Waals surface area (Å²) in [4.78, 5) is 5.59. The van der Waals surface area contributed by atoms with E-state index in [0.717, 1.165) is 22.9 Å². The van der Waals surface area contributed by atoms with Crippen molar-refractivity contribution in [1.29, 1.82) is 0 Å². The summed E-state index contributed by atoms with van der Waals surface area (Å²) in [7, 11) is 0. The average molecular weight is 274 g/mol. The minimum atomic E-state index is 0.674. The van der Waals surface area contributed by atoms with Crippen LogP contribution in [0.1, 0.15) is 18.2 Å². The first kappa shape index (κ1) is 13.7. The Morgan fingerprint density at radius 3 is 2.84 bits per heavy atom. The number of hydrogen-bond donors (Lipinski definition) is 1. The molecule has 0 aliphatic rings. The highest BCUT2D eigenvalue weighted by molar-refractivity contribution is 7.98. The van der Waals surface area contributed by atoms with Gasteiger partial charge in [-0.1, -0.05) is 0 Å². The molecule has 1 heterocycles. The van der Waals surface area contributed by atoms with Gasteiger partial charge in [0.05, 0.1) is 12.3 Å². The molecule has 0 amide bonds. The van der Waals surface area contributed by atoms with Gasteiger partial charge < -0.3 is 10.5 Å². The zero-order valence-corrected chi connectivity index (χ0v) is 12.0. The number of aryl methyl sites for hydroxylation is 1. The summed E-state index contributed by atoms with van der Waals surface area (Å²) < 4.78 is 5.47. The first-order valence-electron chi connectivity index (χ1n) is 6.25. The maximum Gasteiger partial charge on any atom is 0.122 e. The molecule has 4 heteroatoms. The number of nitrogens with two attached hydrogens (primary N) is 1. The zero-order valence-electron chi connectivity index (χ0n) is 11.2. The van der Waals surface area contributed by atoms with Gasteiger partial charge in [-0.25, -0.2) is 0 Å². The van der Waals surface area contributed by atoms with Gasteiger partial charge in [-0.2, -0.15) is 0 Å². The average Bonchev–Trinajstić information content (AvgIpc) is 2.38. The van der Waals surface area contributed by atoms with Gasteiger partial charge >= 0.3 is 0 Å². The number of nitrogen functional groups attached to an aromatic ring is 1. The van der Waals surface area contributed by atoms with Crippen LogP contribution in [0.5, 0.6) is 5.75 Å². The normalized spacial score (nSPS) is 10.4. The van der Waals surface area contributed by atoms with E-state index in [1.807, 2.05) is 31.2 Å².